The first-order valence-electron chi connectivity index (χ1n) is 8.39. The van der Waals surface area contributed by atoms with Crippen molar-refractivity contribution in [2.45, 2.75) is 18.4 Å². The second-order valence-electron chi connectivity index (χ2n) is 6.12. The molecule has 0 fully saturated rings. The number of benzene rings is 1. The van der Waals surface area contributed by atoms with Crippen molar-refractivity contribution < 1.29 is 27.2 Å². The summed E-state index contributed by atoms with van der Waals surface area (Å²) in [6, 6.07) is 9.06. The molecule has 0 saturated heterocycles. The number of furan rings is 1. The number of carbonyl (C=O) groups excluding carboxylic acids is 2. The van der Waals surface area contributed by atoms with Crippen molar-refractivity contribution in [1.82, 2.24) is 9.78 Å². The van der Waals surface area contributed by atoms with Crippen molar-refractivity contribution in [3.05, 3.63) is 65.9 Å². The van der Waals surface area contributed by atoms with E-state index in [1.54, 1.807) is 36.1 Å². The van der Waals surface area contributed by atoms with Gasteiger partial charge in [-0.25, -0.2) is 18.4 Å². The van der Waals surface area contributed by atoms with E-state index in [9.17, 15) is 18.0 Å². The van der Waals surface area contributed by atoms with Gasteiger partial charge in [0.25, 0.3) is 5.91 Å². The topological polar surface area (TPSA) is 147 Å². The Kier molecular flexibility index (Phi) is 5.80. The van der Waals surface area contributed by atoms with Gasteiger partial charge in [0.15, 0.2) is 6.61 Å². The van der Waals surface area contributed by atoms with E-state index in [-0.39, 0.29) is 16.3 Å². The van der Waals surface area contributed by atoms with Gasteiger partial charge in [-0.05, 0) is 42.8 Å². The number of sulfonamides is 1. The quantitative estimate of drug-likeness (QED) is 0.549. The fraction of sp³-hybridized carbons (Fsp3) is 0.167. The first-order chi connectivity index (χ1) is 13.7. The molecule has 0 spiro atoms. The molecule has 29 heavy (non-hydrogen) atoms. The van der Waals surface area contributed by atoms with Crippen LogP contribution in [0.1, 0.15) is 21.9 Å². The third kappa shape index (κ3) is 5.30. The Morgan fingerprint density at radius 2 is 2.07 bits per heavy atom. The second kappa shape index (κ2) is 8.29. The number of hydrogen-bond acceptors (Lipinski definition) is 7. The number of nitrogens with one attached hydrogen (secondary N) is 1. The zero-order valence-electron chi connectivity index (χ0n) is 15.4. The van der Waals surface area contributed by atoms with Crippen LogP contribution in [-0.4, -0.2) is 36.7 Å². The van der Waals surface area contributed by atoms with Crippen molar-refractivity contribution in [2.75, 3.05) is 11.9 Å². The predicted octanol–water partition coefficient (Wildman–Crippen LogP) is 1.28. The fourth-order valence-corrected chi connectivity index (χ4v) is 3.32. The molecule has 0 aliphatic carbocycles. The molecule has 10 nitrogen and oxygen atoms in total. The molecular weight excluding hydrogens is 400 g/mol. The van der Waals surface area contributed by atoms with Crippen LogP contribution >= 0.6 is 0 Å². The van der Waals surface area contributed by atoms with Crippen LogP contribution < -0.4 is 10.5 Å². The van der Waals surface area contributed by atoms with Gasteiger partial charge >= 0.3 is 5.97 Å². The molecule has 0 aliphatic rings. The Morgan fingerprint density at radius 1 is 1.28 bits per heavy atom. The molecule has 0 aliphatic heterocycles. The molecular formula is C18H18N4O6S. The number of hydrogen-bond donors (Lipinski definition) is 2. The van der Waals surface area contributed by atoms with E-state index >= 15 is 0 Å². The number of aromatic nitrogens is 2. The lowest BCUT2D eigenvalue weighted by molar-refractivity contribution is -0.119. The Hall–Kier alpha value is -3.44. The van der Waals surface area contributed by atoms with E-state index in [0.29, 0.717) is 17.9 Å². The van der Waals surface area contributed by atoms with Crippen LogP contribution in [0.3, 0.4) is 0 Å². The largest absolute Gasteiger partial charge is 0.452 e. The molecule has 2 aromatic heterocycles. The molecule has 2 heterocycles. The fourth-order valence-electron chi connectivity index (χ4n) is 2.51. The lowest BCUT2D eigenvalue weighted by Crippen LogP contribution is -2.21. The first-order valence-corrected chi connectivity index (χ1v) is 9.93. The van der Waals surface area contributed by atoms with Gasteiger partial charge in [0.05, 0.1) is 11.4 Å². The smallest absolute Gasteiger partial charge is 0.374 e. The SMILES string of the molecule is Cc1ccc(NC(=O)COC(=O)c2ccc(Cn3cccn3)o2)cc1S(N)(=O)=O. The molecule has 1 amide bonds. The molecule has 0 radical (unpaired) electrons. The Balaban J connectivity index is 1.56. The minimum Gasteiger partial charge on any atom is -0.452 e. The molecule has 3 aromatic rings. The van der Waals surface area contributed by atoms with Gasteiger partial charge in [0.2, 0.25) is 15.8 Å². The summed E-state index contributed by atoms with van der Waals surface area (Å²) in [5.41, 5.74) is 0.654. The first kappa shape index (κ1) is 20.3. The summed E-state index contributed by atoms with van der Waals surface area (Å²) in [6.45, 7) is 1.35. The summed E-state index contributed by atoms with van der Waals surface area (Å²) >= 11 is 0. The molecule has 0 unspecified atom stereocenters. The summed E-state index contributed by atoms with van der Waals surface area (Å²) in [4.78, 5) is 23.9. The number of nitrogens with two attached hydrogens (primary N) is 1. The molecule has 1 aromatic carbocycles. The maximum atomic E-state index is 12.0. The highest BCUT2D eigenvalue weighted by Crippen LogP contribution is 2.19. The number of aryl methyl sites for hydroxylation is 1. The van der Waals surface area contributed by atoms with Crippen LogP contribution in [0.15, 0.2) is 58.1 Å². The molecule has 11 heteroatoms. The molecule has 3 rings (SSSR count). The van der Waals surface area contributed by atoms with Gasteiger partial charge in [-0.15, -0.1) is 0 Å². The standard InChI is InChI=1S/C18H18N4O6S/c1-12-3-4-13(9-16(12)29(19,25)26)21-17(23)11-27-18(24)15-6-5-14(28-15)10-22-8-2-7-20-22/h2-9H,10-11H2,1H3,(H,21,23)(H2,19,25,26). The van der Waals surface area contributed by atoms with Crippen LogP contribution in [0.4, 0.5) is 5.69 Å². The Morgan fingerprint density at radius 3 is 2.76 bits per heavy atom. The highest BCUT2D eigenvalue weighted by Gasteiger charge is 2.16. The van der Waals surface area contributed by atoms with E-state index in [1.807, 2.05) is 0 Å². The monoisotopic (exact) mass is 418 g/mol. The third-order valence-corrected chi connectivity index (χ3v) is 4.91. The van der Waals surface area contributed by atoms with Crippen molar-refractivity contribution >= 4 is 27.6 Å². The number of amides is 1. The van der Waals surface area contributed by atoms with Gasteiger partial charge in [0.1, 0.15) is 5.76 Å². The maximum absolute atomic E-state index is 12.0. The predicted molar refractivity (Wildman–Crippen MR) is 102 cm³/mol. The minimum absolute atomic E-state index is 0.0493. The molecule has 152 valence electrons. The van der Waals surface area contributed by atoms with Gasteiger partial charge in [-0.1, -0.05) is 6.07 Å². The zero-order chi connectivity index (χ0) is 21.0. The lowest BCUT2D eigenvalue weighted by atomic mass is 10.2. The van der Waals surface area contributed by atoms with E-state index in [2.05, 4.69) is 10.4 Å². The van der Waals surface area contributed by atoms with Crippen LogP contribution in [0.2, 0.25) is 0 Å². The summed E-state index contributed by atoms with van der Waals surface area (Å²) in [5, 5.41) is 11.6. The number of carbonyl (C=O) groups is 2. The average molecular weight is 418 g/mol. The molecule has 0 bridgehead atoms. The third-order valence-electron chi connectivity index (χ3n) is 3.85. The van der Waals surface area contributed by atoms with Crippen molar-refractivity contribution in [2.24, 2.45) is 5.14 Å². The highest BCUT2D eigenvalue weighted by atomic mass is 32.2. The number of ether oxygens (including phenoxy) is 1. The summed E-state index contributed by atoms with van der Waals surface area (Å²) in [7, 11) is -3.93. The number of rotatable bonds is 7. The van der Waals surface area contributed by atoms with Gasteiger partial charge in [-0.2, -0.15) is 5.10 Å². The number of esters is 1. The van der Waals surface area contributed by atoms with Crippen molar-refractivity contribution in [1.29, 1.82) is 0 Å². The van der Waals surface area contributed by atoms with Crippen LogP contribution in [0.25, 0.3) is 0 Å². The summed E-state index contributed by atoms with van der Waals surface area (Å²) < 4.78 is 35.0. The van der Waals surface area contributed by atoms with E-state index < -0.39 is 28.5 Å². The van der Waals surface area contributed by atoms with Gasteiger partial charge < -0.3 is 14.5 Å². The summed E-state index contributed by atoms with van der Waals surface area (Å²) in [5.74, 6) is -1.00. The summed E-state index contributed by atoms with van der Waals surface area (Å²) in [6.07, 6.45) is 3.37. The van der Waals surface area contributed by atoms with Crippen LogP contribution in [0, 0.1) is 6.92 Å². The number of nitrogens with zero attached hydrogens (tertiary/aromatic N) is 2. The Labute approximate surface area is 166 Å². The highest BCUT2D eigenvalue weighted by molar-refractivity contribution is 7.89. The molecule has 0 atom stereocenters. The van der Waals surface area contributed by atoms with Crippen LogP contribution in [-0.2, 0) is 26.1 Å². The van der Waals surface area contributed by atoms with Crippen molar-refractivity contribution in [3.63, 3.8) is 0 Å². The molecule has 0 saturated carbocycles. The van der Waals surface area contributed by atoms with E-state index in [1.165, 1.54) is 24.3 Å². The zero-order valence-corrected chi connectivity index (χ0v) is 16.2. The van der Waals surface area contributed by atoms with Crippen molar-refractivity contribution in [3.8, 4) is 0 Å². The Bertz CT molecular complexity index is 1140. The van der Waals surface area contributed by atoms with Crippen LogP contribution in [0.5, 0.6) is 0 Å². The van der Waals surface area contributed by atoms with Gasteiger partial charge in [-0.3, -0.25) is 9.48 Å². The lowest BCUT2D eigenvalue weighted by Gasteiger charge is -2.09. The normalized spacial score (nSPS) is 11.2. The minimum atomic E-state index is -3.93. The average Bonchev–Trinajstić information content (AvgIpc) is 3.33. The second-order valence-corrected chi connectivity index (χ2v) is 7.65. The van der Waals surface area contributed by atoms with E-state index in [0.717, 1.165) is 0 Å². The number of primary sulfonamides is 1. The maximum Gasteiger partial charge on any atom is 0.374 e. The van der Waals surface area contributed by atoms with E-state index in [4.69, 9.17) is 14.3 Å². The molecule has 3 N–H and O–H groups in total. The number of anilines is 1. The van der Waals surface area contributed by atoms with Gasteiger partial charge in [0, 0.05) is 18.1 Å².